The van der Waals surface area contributed by atoms with Crippen LogP contribution in [0.5, 0.6) is 0 Å². The second-order valence-corrected chi connectivity index (χ2v) is 4.86. The molecule has 0 aromatic heterocycles. The van der Waals surface area contributed by atoms with Crippen molar-refractivity contribution in [2.24, 2.45) is 5.92 Å². The van der Waals surface area contributed by atoms with Crippen LogP contribution in [0.4, 0.5) is 5.69 Å². The number of nitrogens with one attached hydrogen (secondary N) is 1. The monoisotopic (exact) mass is 259 g/mol. The fraction of sp³-hybridized carbons (Fsp3) is 0.333. The second kappa shape index (κ2) is 5.69. The van der Waals surface area contributed by atoms with Crippen LogP contribution in [0.25, 0.3) is 6.08 Å². The van der Waals surface area contributed by atoms with Crippen molar-refractivity contribution in [2.45, 2.75) is 26.2 Å². The molecule has 2 N–H and O–H groups in total. The van der Waals surface area contributed by atoms with E-state index in [1.807, 2.05) is 30.4 Å². The third-order valence-corrected chi connectivity index (χ3v) is 3.25. The minimum atomic E-state index is -0.754. The lowest BCUT2D eigenvalue weighted by Crippen LogP contribution is -2.08. The maximum atomic E-state index is 11.2. The predicted octanol–water partition coefficient (Wildman–Crippen LogP) is 2.70. The summed E-state index contributed by atoms with van der Waals surface area (Å²) in [6.45, 7) is 1.71. The van der Waals surface area contributed by atoms with Crippen molar-refractivity contribution in [2.75, 3.05) is 5.32 Å². The molecule has 0 fully saturated rings. The Bertz CT molecular complexity index is 534. The number of benzene rings is 1. The van der Waals surface area contributed by atoms with Crippen molar-refractivity contribution in [1.82, 2.24) is 0 Å². The molecule has 2 rings (SSSR count). The van der Waals surface area contributed by atoms with Gasteiger partial charge in [0.2, 0.25) is 5.91 Å². The van der Waals surface area contributed by atoms with E-state index in [4.69, 9.17) is 5.11 Å². The van der Waals surface area contributed by atoms with Gasteiger partial charge in [0.05, 0.1) is 12.3 Å². The first kappa shape index (κ1) is 13.3. The molecular formula is C15H17NO3. The van der Waals surface area contributed by atoms with Gasteiger partial charge in [-0.1, -0.05) is 25.1 Å². The number of hydrogen-bond acceptors (Lipinski definition) is 2. The molecule has 1 aliphatic heterocycles. The van der Waals surface area contributed by atoms with Gasteiger partial charge in [0.15, 0.2) is 0 Å². The summed E-state index contributed by atoms with van der Waals surface area (Å²) in [6, 6.07) is 5.84. The number of hydrogen-bond donors (Lipinski definition) is 2. The van der Waals surface area contributed by atoms with E-state index in [0.29, 0.717) is 12.8 Å². The van der Waals surface area contributed by atoms with Gasteiger partial charge in [-0.25, -0.2) is 0 Å². The topological polar surface area (TPSA) is 66.4 Å². The van der Waals surface area contributed by atoms with E-state index in [9.17, 15) is 9.59 Å². The minimum Gasteiger partial charge on any atom is -0.481 e. The predicted molar refractivity (Wildman–Crippen MR) is 73.8 cm³/mol. The van der Waals surface area contributed by atoms with Crippen LogP contribution in [0.15, 0.2) is 24.3 Å². The van der Waals surface area contributed by atoms with Gasteiger partial charge < -0.3 is 10.4 Å². The maximum Gasteiger partial charge on any atom is 0.306 e. The molecule has 4 heteroatoms. The van der Waals surface area contributed by atoms with Crippen molar-refractivity contribution in [1.29, 1.82) is 0 Å². The Morgan fingerprint density at radius 2 is 2.32 bits per heavy atom. The molecule has 1 heterocycles. The highest BCUT2D eigenvalue weighted by atomic mass is 16.4. The number of carbonyl (C=O) groups is 2. The van der Waals surface area contributed by atoms with Crippen molar-refractivity contribution in [3.05, 3.63) is 35.4 Å². The number of carbonyl (C=O) groups excluding carboxylic acids is 1. The summed E-state index contributed by atoms with van der Waals surface area (Å²) in [5, 5.41) is 11.6. The highest BCUT2D eigenvalue weighted by molar-refractivity contribution is 5.99. The third-order valence-electron chi connectivity index (χ3n) is 3.25. The van der Waals surface area contributed by atoms with E-state index in [0.717, 1.165) is 23.2 Å². The summed E-state index contributed by atoms with van der Waals surface area (Å²) in [6.07, 6.45) is 5.76. The minimum absolute atomic E-state index is 0.0337. The lowest BCUT2D eigenvalue weighted by atomic mass is 10.0. The average Bonchev–Trinajstić information content (AvgIpc) is 2.73. The Morgan fingerprint density at radius 1 is 1.53 bits per heavy atom. The van der Waals surface area contributed by atoms with Gasteiger partial charge in [0.25, 0.3) is 0 Å². The van der Waals surface area contributed by atoms with Gasteiger partial charge in [-0.3, -0.25) is 9.59 Å². The highest BCUT2D eigenvalue weighted by Crippen LogP contribution is 2.24. The van der Waals surface area contributed by atoms with Gasteiger partial charge in [-0.15, -0.1) is 0 Å². The number of carboxylic acids is 1. The van der Waals surface area contributed by atoms with Crippen LogP contribution in [0.1, 0.15) is 30.9 Å². The quantitative estimate of drug-likeness (QED) is 0.854. The van der Waals surface area contributed by atoms with Crippen molar-refractivity contribution in [3.8, 4) is 0 Å². The Balaban J connectivity index is 1.92. The van der Waals surface area contributed by atoms with E-state index in [1.54, 1.807) is 6.92 Å². The molecule has 1 aliphatic rings. The number of anilines is 1. The summed E-state index contributed by atoms with van der Waals surface area (Å²) >= 11 is 0. The largest absolute Gasteiger partial charge is 0.481 e. The summed E-state index contributed by atoms with van der Waals surface area (Å²) in [7, 11) is 0. The van der Waals surface area contributed by atoms with Crippen LogP contribution in [-0.4, -0.2) is 17.0 Å². The van der Waals surface area contributed by atoms with Crippen molar-refractivity contribution < 1.29 is 14.7 Å². The smallest absolute Gasteiger partial charge is 0.306 e. The van der Waals surface area contributed by atoms with Crippen LogP contribution in [0, 0.1) is 5.92 Å². The van der Waals surface area contributed by atoms with Crippen molar-refractivity contribution >= 4 is 23.6 Å². The molecule has 4 nitrogen and oxygen atoms in total. The normalized spacial score (nSPS) is 15.3. The first-order chi connectivity index (χ1) is 9.06. The fourth-order valence-electron chi connectivity index (χ4n) is 2.04. The number of fused-ring (bicyclic) bond motifs is 1. The molecule has 0 saturated heterocycles. The first-order valence-electron chi connectivity index (χ1n) is 6.38. The summed E-state index contributed by atoms with van der Waals surface area (Å²) in [5.41, 5.74) is 2.95. The van der Waals surface area contributed by atoms with Crippen LogP contribution in [0.3, 0.4) is 0 Å². The standard InChI is InChI=1S/C15H17NO3/c1-10(15(18)19)4-2-3-5-11-6-7-13-12(8-11)9-14(17)16-13/h3,5-8,10H,2,4,9H2,1H3,(H,16,17)(H,18,19)/b5-3+. The average molecular weight is 259 g/mol. The van der Waals surface area contributed by atoms with E-state index in [2.05, 4.69) is 5.32 Å². The summed E-state index contributed by atoms with van der Waals surface area (Å²) in [4.78, 5) is 21.9. The zero-order valence-corrected chi connectivity index (χ0v) is 10.8. The lowest BCUT2D eigenvalue weighted by Gasteiger charge is -2.02. The summed E-state index contributed by atoms with van der Waals surface area (Å²) in [5.74, 6) is -1.03. The third kappa shape index (κ3) is 3.44. The van der Waals surface area contributed by atoms with Crippen LogP contribution in [-0.2, 0) is 16.0 Å². The van der Waals surface area contributed by atoms with Gasteiger partial charge in [-0.2, -0.15) is 0 Å². The molecule has 0 saturated carbocycles. The highest BCUT2D eigenvalue weighted by Gasteiger charge is 2.16. The zero-order valence-electron chi connectivity index (χ0n) is 10.8. The first-order valence-corrected chi connectivity index (χ1v) is 6.38. The lowest BCUT2D eigenvalue weighted by molar-refractivity contribution is -0.141. The van der Waals surface area contributed by atoms with Crippen molar-refractivity contribution in [3.63, 3.8) is 0 Å². The Hall–Kier alpha value is -2.10. The molecule has 1 aromatic carbocycles. The molecule has 100 valence electrons. The molecule has 1 amide bonds. The molecule has 0 radical (unpaired) electrons. The fourth-order valence-corrected chi connectivity index (χ4v) is 2.04. The molecule has 0 spiro atoms. The summed E-state index contributed by atoms with van der Waals surface area (Å²) < 4.78 is 0. The zero-order chi connectivity index (χ0) is 13.8. The van der Waals surface area contributed by atoms with Crippen LogP contribution < -0.4 is 5.32 Å². The molecule has 1 aromatic rings. The number of allylic oxidation sites excluding steroid dienone is 1. The Morgan fingerprint density at radius 3 is 3.05 bits per heavy atom. The molecule has 0 aliphatic carbocycles. The van der Waals surface area contributed by atoms with E-state index in [-0.39, 0.29) is 11.8 Å². The number of aliphatic carboxylic acids is 1. The Labute approximate surface area is 112 Å². The van der Waals surface area contributed by atoms with E-state index < -0.39 is 5.97 Å². The molecule has 0 bridgehead atoms. The van der Waals surface area contributed by atoms with Gasteiger partial charge in [-0.05, 0) is 36.1 Å². The number of amides is 1. The van der Waals surface area contributed by atoms with Gasteiger partial charge >= 0.3 is 5.97 Å². The SMILES string of the molecule is CC(CC/C=C/c1ccc2c(c1)CC(=O)N2)C(=O)O. The maximum absolute atomic E-state index is 11.2. The van der Waals surface area contributed by atoms with Gasteiger partial charge in [0.1, 0.15) is 0 Å². The van der Waals surface area contributed by atoms with E-state index >= 15 is 0 Å². The van der Waals surface area contributed by atoms with Gasteiger partial charge in [0, 0.05) is 5.69 Å². The molecule has 1 atom stereocenters. The Kier molecular flexibility index (Phi) is 4.00. The van der Waals surface area contributed by atoms with Crippen LogP contribution >= 0.6 is 0 Å². The molecule has 19 heavy (non-hydrogen) atoms. The second-order valence-electron chi connectivity index (χ2n) is 4.86. The van der Waals surface area contributed by atoms with E-state index in [1.165, 1.54) is 0 Å². The number of rotatable bonds is 5. The molecule has 1 unspecified atom stereocenters. The van der Waals surface area contributed by atoms with Crippen LogP contribution in [0.2, 0.25) is 0 Å². The molecular weight excluding hydrogens is 242 g/mol. The number of carboxylic acid groups (broad SMARTS) is 1.